The lowest BCUT2D eigenvalue weighted by Gasteiger charge is -2.43. The van der Waals surface area contributed by atoms with Crippen LogP contribution in [-0.2, 0) is 20.6 Å². The van der Waals surface area contributed by atoms with E-state index in [9.17, 15) is 32.3 Å². The molecule has 0 spiro atoms. The number of aromatic nitrogens is 1. The minimum Gasteiger partial charge on any atom is -0.483 e. The van der Waals surface area contributed by atoms with Gasteiger partial charge < -0.3 is 15.0 Å². The van der Waals surface area contributed by atoms with E-state index in [0.29, 0.717) is 33.5 Å². The number of thiazole rings is 1. The number of nitrogens with zero attached hydrogens (tertiary/aromatic N) is 1. The number of rotatable bonds is 6. The molecule has 2 aliphatic heterocycles. The van der Waals surface area contributed by atoms with Crippen LogP contribution in [0, 0.1) is 36.5 Å². The molecular weight excluding hydrogens is 699 g/mol. The smallest absolute Gasteiger partial charge is 0.416 e. The fourth-order valence-electron chi connectivity index (χ4n) is 8.40. The van der Waals surface area contributed by atoms with Gasteiger partial charge in [-0.15, -0.1) is 11.8 Å². The van der Waals surface area contributed by atoms with Crippen molar-refractivity contribution in [3.63, 3.8) is 0 Å². The Morgan fingerprint density at radius 3 is 2.53 bits per heavy atom. The van der Waals surface area contributed by atoms with Crippen molar-refractivity contribution in [2.75, 3.05) is 16.8 Å². The first-order valence-electron chi connectivity index (χ1n) is 15.6. The number of aromatic amines is 1. The van der Waals surface area contributed by atoms with Gasteiger partial charge >= 0.3 is 11.0 Å². The third-order valence-electron chi connectivity index (χ3n) is 10.1. The number of nitrogens with one attached hydrogen (secondary N) is 2. The van der Waals surface area contributed by atoms with E-state index in [0.717, 1.165) is 38.8 Å². The summed E-state index contributed by atoms with van der Waals surface area (Å²) in [5.41, 5.74) is 1.23. The van der Waals surface area contributed by atoms with Gasteiger partial charge in [-0.25, -0.2) is 0 Å². The van der Waals surface area contributed by atoms with Gasteiger partial charge in [0.2, 0.25) is 11.8 Å². The number of benzene rings is 3. The summed E-state index contributed by atoms with van der Waals surface area (Å²) in [6.45, 7) is 1.62. The Balaban J connectivity index is 1.14. The molecule has 2 bridgehead atoms. The topological polar surface area (TPSA) is 109 Å². The minimum absolute atomic E-state index is 0.0938. The van der Waals surface area contributed by atoms with Crippen LogP contribution in [0.25, 0.3) is 0 Å². The van der Waals surface area contributed by atoms with Crippen molar-refractivity contribution in [2.24, 2.45) is 29.6 Å². The summed E-state index contributed by atoms with van der Waals surface area (Å²) in [6.07, 6.45) is -4.06. The highest BCUT2D eigenvalue weighted by Crippen LogP contribution is 2.69. The van der Waals surface area contributed by atoms with Crippen LogP contribution >= 0.6 is 34.7 Å². The van der Waals surface area contributed by atoms with Crippen molar-refractivity contribution in [1.29, 1.82) is 0 Å². The summed E-state index contributed by atoms with van der Waals surface area (Å²) in [4.78, 5) is 58.0. The number of carbonyl (C=O) groups excluding carboxylic acids is 3. The number of hydrogen-bond donors (Lipinski definition) is 2. The Morgan fingerprint density at radius 2 is 1.78 bits per heavy atom. The zero-order valence-corrected chi connectivity index (χ0v) is 28.0. The maximum atomic E-state index is 14.1. The predicted molar refractivity (Wildman–Crippen MR) is 179 cm³/mol. The number of carbonyl (C=O) groups is 3. The van der Waals surface area contributed by atoms with Gasteiger partial charge in [0.1, 0.15) is 5.75 Å². The van der Waals surface area contributed by atoms with Gasteiger partial charge in [-0.2, -0.15) is 13.2 Å². The first kappa shape index (κ1) is 32.2. The van der Waals surface area contributed by atoms with Gasteiger partial charge in [0.25, 0.3) is 5.91 Å². The second-order valence-corrected chi connectivity index (χ2v) is 15.5. The number of amides is 3. The molecule has 2 N–H and O–H groups in total. The third-order valence-corrected chi connectivity index (χ3v) is 12.9. The van der Waals surface area contributed by atoms with E-state index in [2.05, 4.69) is 10.3 Å². The molecule has 14 heteroatoms. The average Bonchev–Trinajstić information content (AvgIpc) is 3.78. The van der Waals surface area contributed by atoms with Crippen LogP contribution in [0.2, 0.25) is 5.02 Å². The molecule has 3 heterocycles. The Morgan fingerprint density at radius 1 is 1.02 bits per heavy atom. The summed E-state index contributed by atoms with van der Waals surface area (Å²) in [6, 6.07) is 16.8. The highest BCUT2D eigenvalue weighted by atomic mass is 35.5. The van der Waals surface area contributed by atoms with Crippen LogP contribution in [0.1, 0.15) is 33.9 Å². The Hall–Kier alpha value is -4.07. The molecular formula is C35H27ClF3N3O5S2. The van der Waals surface area contributed by atoms with E-state index in [4.69, 9.17) is 16.3 Å². The van der Waals surface area contributed by atoms with E-state index in [-0.39, 0.29) is 46.1 Å². The zero-order valence-electron chi connectivity index (χ0n) is 25.6. The molecule has 8 rings (SSSR count). The van der Waals surface area contributed by atoms with E-state index in [1.54, 1.807) is 24.3 Å². The molecule has 0 radical (unpaired) electrons. The molecule has 1 aromatic heterocycles. The van der Waals surface area contributed by atoms with Crippen LogP contribution in [0.5, 0.6) is 5.75 Å². The van der Waals surface area contributed by atoms with Crippen molar-refractivity contribution in [3.05, 3.63) is 103 Å². The number of ether oxygens (including phenoxy) is 1. The van der Waals surface area contributed by atoms with E-state index >= 15 is 0 Å². The Bertz CT molecular complexity index is 2100. The molecule has 2 saturated carbocycles. The third kappa shape index (κ3) is 5.37. The summed E-state index contributed by atoms with van der Waals surface area (Å²) in [5, 5.41) is 3.73. The van der Waals surface area contributed by atoms with Crippen molar-refractivity contribution in [3.8, 4) is 5.75 Å². The molecule has 2 aliphatic carbocycles. The second kappa shape index (κ2) is 11.8. The summed E-state index contributed by atoms with van der Waals surface area (Å²) in [5.74, 6) is -3.62. The number of alkyl halides is 3. The summed E-state index contributed by atoms with van der Waals surface area (Å²) < 4.78 is 46.8. The van der Waals surface area contributed by atoms with Crippen LogP contribution < -0.4 is 19.8 Å². The van der Waals surface area contributed by atoms with E-state index in [1.807, 2.05) is 25.1 Å². The minimum atomic E-state index is -4.64. The van der Waals surface area contributed by atoms with Crippen molar-refractivity contribution in [2.45, 2.75) is 35.7 Å². The van der Waals surface area contributed by atoms with Crippen molar-refractivity contribution < 1.29 is 32.3 Å². The molecule has 7 atom stereocenters. The largest absolute Gasteiger partial charge is 0.483 e. The molecule has 0 unspecified atom stereocenters. The van der Waals surface area contributed by atoms with Gasteiger partial charge in [-0.3, -0.25) is 24.1 Å². The standard InChI is InChI=1S/C35H27ClF3N3O5S2/c1-15-4-2-6-18(10-15)40-24(43)14-47-23-9-8-17(36)12-20(23)25-26-21-13-22(29(26)48-31-30(25)49-34(46)41-31)28-27(21)32(44)42(33(28)45)19-7-3-5-16(11-19)35(37,38)39/h2-12,21-22,25-29H,13-14H2,1H3,(H,40,43)(H,41,46)/t21-,22-,25+,26-,27+,28+,29-/m1/s1. The Labute approximate surface area is 291 Å². The maximum absolute atomic E-state index is 14.1. The molecule has 3 fully saturated rings. The van der Waals surface area contributed by atoms with Crippen LogP contribution in [0.15, 0.2) is 76.6 Å². The normalized spacial score (nSPS) is 26.8. The number of H-pyrrole nitrogens is 1. The molecule has 49 heavy (non-hydrogen) atoms. The number of aryl methyl sites for hydroxylation is 1. The molecule has 1 saturated heterocycles. The van der Waals surface area contributed by atoms with Crippen molar-refractivity contribution >= 4 is 63.8 Å². The van der Waals surface area contributed by atoms with Gasteiger partial charge in [-0.1, -0.05) is 41.1 Å². The number of fused-ring (bicyclic) bond motifs is 9. The monoisotopic (exact) mass is 725 g/mol. The Kier molecular flexibility index (Phi) is 7.72. The predicted octanol–water partition coefficient (Wildman–Crippen LogP) is 7.11. The van der Waals surface area contributed by atoms with Gasteiger partial charge in [0.15, 0.2) is 6.61 Å². The first-order valence-corrected chi connectivity index (χ1v) is 17.7. The number of anilines is 2. The van der Waals surface area contributed by atoms with Gasteiger partial charge in [0, 0.05) is 32.3 Å². The lowest BCUT2D eigenvalue weighted by molar-refractivity contribution is -0.137. The van der Waals surface area contributed by atoms with Crippen molar-refractivity contribution in [1.82, 2.24) is 4.98 Å². The highest BCUT2D eigenvalue weighted by Gasteiger charge is 2.70. The quantitative estimate of drug-likeness (QED) is 0.205. The van der Waals surface area contributed by atoms with E-state index < -0.39 is 41.3 Å². The number of imide groups is 1. The lowest BCUT2D eigenvalue weighted by Crippen LogP contribution is -2.42. The summed E-state index contributed by atoms with van der Waals surface area (Å²) >= 11 is 9.09. The zero-order chi connectivity index (χ0) is 34.4. The van der Waals surface area contributed by atoms with Gasteiger partial charge in [0.05, 0.1) is 28.1 Å². The number of halogens is 4. The molecule has 252 valence electrons. The molecule has 3 aromatic carbocycles. The lowest BCUT2D eigenvalue weighted by atomic mass is 9.68. The average molecular weight is 726 g/mol. The summed E-state index contributed by atoms with van der Waals surface area (Å²) in [7, 11) is 0. The number of hydrogen-bond acceptors (Lipinski definition) is 7. The molecule has 8 nitrogen and oxygen atoms in total. The van der Waals surface area contributed by atoms with Crippen LogP contribution in [-0.4, -0.2) is 34.6 Å². The molecule has 4 aromatic rings. The number of thioether (sulfide) groups is 1. The fraction of sp³-hybridized carbons (Fsp3) is 0.314. The van der Waals surface area contributed by atoms with Gasteiger partial charge in [-0.05, 0) is 85.2 Å². The molecule has 3 amide bonds. The first-order chi connectivity index (χ1) is 23.4. The fourth-order valence-corrected chi connectivity index (χ4v) is 11.5. The van der Waals surface area contributed by atoms with Crippen LogP contribution in [0.4, 0.5) is 24.5 Å². The highest BCUT2D eigenvalue weighted by molar-refractivity contribution is 8.00. The SMILES string of the molecule is Cc1cccc(NC(=O)COc2ccc(Cl)cc2[C@@H]2c3sc(=O)[nH]c3S[C@@H]3[C@@H]4C[C@@H]([C@@H]5C(=O)N(c6cccc(C(F)(F)F)c6)C(=O)[C@@H]45)[C@H]23)c1. The van der Waals surface area contributed by atoms with Crippen LogP contribution in [0.3, 0.4) is 0 Å². The molecule has 4 aliphatic rings. The second-order valence-electron chi connectivity index (χ2n) is 12.9. The van der Waals surface area contributed by atoms with E-state index in [1.165, 1.54) is 23.9 Å². The maximum Gasteiger partial charge on any atom is 0.416 e.